The zero-order valence-electron chi connectivity index (χ0n) is 11.8. The highest BCUT2D eigenvalue weighted by molar-refractivity contribution is 5.94. The molecule has 0 unspecified atom stereocenters. The Hall–Kier alpha value is -2.11. The highest BCUT2D eigenvalue weighted by Crippen LogP contribution is 2.29. The number of fused-ring (bicyclic) bond motifs is 1. The van der Waals surface area contributed by atoms with Crippen LogP contribution in [0.4, 0.5) is 0 Å². The number of rotatable bonds is 2. The van der Waals surface area contributed by atoms with Crippen LogP contribution in [-0.4, -0.2) is 39.3 Å². The minimum atomic E-state index is 0.0175. The van der Waals surface area contributed by atoms with Crippen molar-refractivity contribution in [2.75, 3.05) is 13.1 Å². The molecule has 1 fully saturated rings. The second-order valence-corrected chi connectivity index (χ2v) is 5.89. The first-order chi connectivity index (χ1) is 10.3. The Balaban J connectivity index is 1.52. The number of likely N-dealkylation sites (tertiary alicyclic amines) is 1. The standard InChI is InChI=1S/C15H18N4O2/c20-15(14-11-3-1-2-4-13(11)21-18-14)19-8-6-10(9-19)12-5-7-16-17-12/h5,7,10H,1-4,6,8-9H2,(H,16,17)/t10-/m0/s1. The van der Waals surface area contributed by atoms with Crippen LogP contribution in [0.2, 0.25) is 0 Å². The largest absolute Gasteiger partial charge is 0.360 e. The van der Waals surface area contributed by atoms with E-state index in [-0.39, 0.29) is 5.91 Å². The van der Waals surface area contributed by atoms with Crippen molar-refractivity contribution in [3.05, 3.63) is 35.0 Å². The van der Waals surface area contributed by atoms with E-state index in [2.05, 4.69) is 15.4 Å². The molecule has 0 bridgehead atoms. The number of carbonyl (C=O) groups excluding carboxylic acids is 1. The molecule has 2 aromatic rings. The van der Waals surface area contributed by atoms with Crippen molar-refractivity contribution in [1.29, 1.82) is 0 Å². The van der Waals surface area contributed by atoms with Crippen molar-refractivity contribution >= 4 is 5.91 Å². The van der Waals surface area contributed by atoms with Crippen molar-refractivity contribution in [3.63, 3.8) is 0 Å². The van der Waals surface area contributed by atoms with Gasteiger partial charge in [0.2, 0.25) is 0 Å². The fraction of sp³-hybridized carbons (Fsp3) is 0.533. The van der Waals surface area contributed by atoms with E-state index in [0.717, 1.165) is 62.2 Å². The minimum absolute atomic E-state index is 0.0175. The van der Waals surface area contributed by atoms with Gasteiger partial charge in [0.15, 0.2) is 5.69 Å². The number of nitrogens with one attached hydrogen (secondary N) is 1. The van der Waals surface area contributed by atoms with Crippen LogP contribution in [0.1, 0.15) is 52.7 Å². The molecular formula is C15H18N4O2. The lowest BCUT2D eigenvalue weighted by atomic mass is 9.96. The molecule has 6 heteroatoms. The Morgan fingerprint density at radius 3 is 3.14 bits per heavy atom. The predicted molar refractivity (Wildman–Crippen MR) is 75.0 cm³/mol. The highest BCUT2D eigenvalue weighted by Gasteiger charge is 2.32. The van der Waals surface area contributed by atoms with Crippen molar-refractivity contribution in [1.82, 2.24) is 20.3 Å². The van der Waals surface area contributed by atoms with Gasteiger partial charge in [-0.2, -0.15) is 5.10 Å². The molecule has 110 valence electrons. The van der Waals surface area contributed by atoms with E-state index >= 15 is 0 Å². The zero-order valence-corrected chi connectivity index (χ0v) is 11.8. The topological polar surface area (TPSA) is 75.0 Å². The van der Waals surface area contributed by atoms with E-state index in [1.54, 1.807) is 6.20 Å². The van der Waals surface area contributed by atoms with Crippen molar-refractivity contribution in [2.24, 2.45) is 0 Å². The molecule has 0 spiro atoms. The lowest BCUT2D eigenvalue weighted by Gasteiger charge is -2.16. The van der Waals surface area contributed by atoms with Gasteiger partial charge >= 0.3 is 0 Å². The van der Waals surface area contributed by atoms with Crippen LogP contribution >= 0.6 is 0 Å². The Kier molecular flexibility index (Phi) is 3.02. The van der Waals surface area contributed by atoms with Gasteiger partial charge < -0.3 is 9.42 Å². The number of nitrogens with zero attached hydrogens (tertiary/aromatic N) is 3. The van der Waals surface area contributed by atoms with E-state index in [1.165, 1.54) is 0 Å². The molecular weight excluding hydrogens is 268 g/mol. The zero-order chi connectivity index (χ0) is 14.2. The summed E-state index contributed by atoms with van der Waals surface area (Å²) < 4.78 is 5.35. The monoisotopic (exact) mass is 286 g/mol. The SMILES string of the molecule is O=C(c1noc2c1CCCC2)N1CC[C@H](c2ccn[nH]2)C1. The third-order valence-electron chi connectivity index (χ3n) is 4.59. The van der Waals surface area contributed by atoms with Crippen LogP contribution in [0.25, 0.3) is 0 Å². The summed E-state index contributed by atoms with van der Waals surface area (Å²) in [4.78, 5) is 14.6. The molecule has 3 heterocycles. The Bertz CT molecular complexity index is 647. The number of carbonyl (C=O) groups is 1. The van der Waals surface area contributed by atoms with Gasteiger partial charge in [0.25, 0.3) is 5.91 Å². The van der Waals surface area contributed by atoms with Crippen molar-refractivity contribution in [3.8, 4) is 0 Å². The Morgan fingerprint density at radius 1 is 1.38 bits per heavy atom. The molecule has 2 aliphatic rings. The lowest BCUT2D eigenvalue weighted by molar-refractivity contribution is 0.0779. The molecule has 0 saturated carbocycles. The van der Waals surface area contributed by atoms with Crippen molar-refractivity contribution in [2.45, 2.75) is 38.0 Å². The molecule has 4 rings (SSSR count). The average Bonchev–Trinajstić information content (AvgIpc) is 3.25. The maximum Gasteiger partial charge on any atom is 0.276 e. The summed E-state index contributed by atoms with van der Waals surface area (Å²) in [6.45, 7) is 1.49. The van der Waals surface area contributed by atoms with Crippen LogP contribution in [0.5, 0.6) is 0 Å². The van der Waals surface area contributed by atoms with Crippen LogP contribution in [0, 0.1) is 0 Å². The summed E-state index contributed by atoms with van der Waals surface area (Å²) in [5, 5.41) is 11.0. The third-order valence-corrected chi connectivity index (χ3v) is 4.59. The summed E-state index contributed by atoms with van der Waals surface area (Å²) in [6.07, 6.45) is 6.79. The van der Waals surface area contributed by atoms with E-state index in [9.17, 15) is 4.79 Å². The normalized spacial score (nSPS) is 21.5. The van der Waals surface area contributed by atoms with Gasteiger partial charge in [-0.3, -0.25) is 9.89 Å². The summed E-state index contributed by atoms with van der Waals surface area (Å²) >= 11 is 0. The van der Waals surface area contributed by atoms with E-state index < -0.39 is 0 Å². The Labute approximate surface area is 122 Å². The molecule has 0 radical (unpaired) electrons. The van der Waals surface area contributed by atoms with E-state index in [0.29, 0.717) is 11.6 Å². The molecule has 1 aliphatic carbocycles. The number of aromatic nitrogens is 3. The first-order valence-corrected chi connectivity index (χ1v) is 7.59. The number of aromatic amines is 1. The number of hydrogen-bond acceptors (Lipinski definition) is 4. The summed E-state index contributed by atoms with van der Waals surface area (Å²) in [6, 6.07) is 1.98. The summed E-state index contributed by atoms with van der Waals surface area (Å²) in [7, 11) is 0. The first kappa shape index (κ1) is 12.6. The number of aryl methyl sites for hydroxylation is 1. The van der Waals surface area contributed by atoms with Gasteiger partial charge in [0, 0.05) is 42.9 Å². The van der Waals surface area contributed by atoms with Gasteiger partial charge in [-0.25, -0.2) is 0 Å². The minimum Gasteiger partial charge on any atom is -0.360 e. The average molecular weight is 286 g/mol. The molecule has 1 amide bonds. The van der Waals surface area contributed by atoms with E-state index in [1.807, 2.05) is 11.0 Å². The smallest absolute Gasteiger partial charge is 0.276 e. The molecule has 1 saturated heterocycles. The summed E-state index contributed by atoms with van der Waals surface area (Å²) in [5.41, 5.74) is 2.68. The molecule has 0 aromatic carbocycles. The van der Waals surface area contributed by atoms with Gasteiger partial charge in [0.05, 0.1) is 0 Å². The number of hydrogen-bond donors (Lipinski definition) is 1. The van der Waals surface area contributed by atoms with Crippen LogP contribution in [0.15, 0.2) is 16.8 Å². The molecule has 1 N–H and O–H groups in total. The van der Waals surface area contributed by atoms with Gasteiger partial charge in [-0.1, -0.05) is 5.16 Å². The quantitative estimate of drug-likeness (QED) is 0.915. The van der Waals surface area contributed by atoms with E-state index in [4.69, 9.17) is 4.52 Å². The Morgan fingerprint density at radius 2 is 2.29 bits per heavy atom. The molecule has 21 heavy (non-hydrogen) atoms. The highest BCUT2D eigenvalue weighted by atomic mass is 16.5. The second kappa shape index (κ2) is 5.02. The van der Waals surface area contributed by atoms with Gasteiger partial charge in [0.1, 0.15) is 5.76 Å². The maximum absolute atomic E-state index is 12.7. The molecule has 6 nitrogen and oxygen atoms in total. The lowest BCUT2D eigenvalue weighted by Crippen LogP contribution is -2.29. The molecule has 1 atom stereocenters. The van der Waals surface area contributed by atoms with Crippen LogP contribution < -0.4 is 0 Å². The number of amides is 1. The van der Waals surface area contributed by atoms with Crippen LogP contribution in [-0.2, 0) is 12.8 Å². The third kappa shape index (κ3) is 2.14. The van der Waals surface area contributed by atoms with Gasteiger partial charge in [-0.05, 0) is 31.7 Å². The van der Waals surface area contributed by atoms with Gasteiger partial charge in [-0.15, -0.1) is 0 Å². The molecule has 1 aliphatic heterocycles. The maximum atomic E-state index is 12.7. The van der Waals surface area contributed by atoms with Crippen LogP contribution in [0.3, 0.4) is 0 Å². The second-order valence-electron chi connectivity index (χ2n) is 5.89. The van der Waals surface area contributed by atoms with Crippen molar-refractivity contribution < 1.29 is 9.32 Å². The number of H-pyrrole nitrogens is 1. The molecule has 2 aromatic heterocycles. The predicted octanol–water partition coefficient (Wildman–Crippen LogP) is 1.91. The fourth-order valence-electron chi connectivity index (χ4n) is 3.40. The fourth-order valence-corrected chi connectivity index (χ4v) is 3.40. The summed E-state index contributed by atoms with van der Waals surface area (Å²) in [5.74, 6) is 1.28. The first-order valence-electron chi connectivity index (χ1n) is 7.59.